The van der Waals surface area contributed by atoms with Gasteiger partial charge in [-0.05, 0) is 55.5 Å². The van der Waals surface area contributed by atoms with Gasteiger partial charge in [0.2, 0.25) is 17.7 Å². The lowest BCUT2D eigenvalue weighted by Gasteiger charge is -2.23. The standard InChI is InChI=1S/C24H25N3O4/c1-15-2-4-17(5-3-15)24-27-26-22(31-24)11-10-21(28)25-23(16-6-7-16)18-8-9-19-20(14-18)30-13-12-29-19/h2-5,8-9,14,16,23H,6-7,10-13H2,1H3,(H,25,28). The van der Waals surface area contributed by atoms with Crippen LogP contribution in [-0.2, 0) is 11.2 Å². The van der Waals surface area contributed by atoms with Crippen molar-refractivity contribution in [2.75, 3.05) is 13.2 Å². The minimum atomic E-state index is -0.0260. The molecule has 2 aliphatic rings. The first-order valence-electron chi connectivity index (χ1n) is 10.7. The molecule has 1 fully saturated rings. The largest absolute Gasteiger partial charge is 0.486 e. The van der Waals surface area contributed by atoms with E-state index in [9.17, 15) is 4.79 Å². The molecule has 1 aliphatic carbocycles. The summed E-state index contributed by atoms with van der Waals surface area (Å²) in [5, 5.41) is 11.4. The molecule has 1 aliphatic heterocycles. The molecule has 1 saturated carbocycles. The number of nitrogens with zero attached hydrogens (tertiary/aromatic N) is 2. The molecule has 1 N–H and O–H groups in total. The van der Waals surface area contributed by atoms with Crippen LogP contribution in [-0.4, -0.2) is 29.3 Å². The average Bonchev–Trinajstić information content (AvgIpc) is 3.53. The Balaban J connectivity index is 1.21. The van der Waals surface area contributed by atoms with Crippen LogP contribution in [0, 0.1) is 12.8 Å². The maximum atomic E-state index is 12.7. The number of carbonyl (C=O) groups is 1. The van der Waals surface area contributed by atoms with Crippen LogP contribution in [0.25, 0.3) is 11.5 Å². The lowest BCUT2D eigenvalue weighted by molar-refractivity contribution is -0.122. The molecule has 2 aromatic carbocycles. The van der Waals surface area contributed by atoms with Gasteiger partial charge in [0.15, 0.2) is 11.5 Å². The summed E-state index contributed by atoms with van der Waals surface area (Å²) in [5.41, 5.74) is 3.10. The SMILES string of the molecule is Cc1ccc(-c2nnc(CCC(=O)NC(c3ccc4c(c3)OCCO4)C3CC3)o2)cc1. The van der Waals surface area contributed by atoms with Crippen LogP contribution in [0.1, 0.15) is 42.3 Å². The molecule has 1 amide bonds. The van der Waals surface area contributed by atoms with Crippen LogP contribution < -0.4 is 14.8 Å². The Morgan fingerprint density at radius 3 is 2.61 bits per heavy atom. The lowest BCUT2D eigenvalue weighted by atomic mass is 10.0. The Bertz CT molecular complexity index is 1070. The number of hydrogen-bond acceptors (Lipinski definition) is 6. The minimum absolute atomic E-state index is 0.0193. The van der Waals surface area contributed by atoms with Gasteiger partial charge in [0.25, 0.3) is 0 Å². The van der Waals surface area contributed by atoms with Crippen molar-refractivity contribution >= 4 is 5.91 Å². The Kier molecular flexibility index (Phi) is 5.32. The summed E-state index contributed by atoms with van der Waals surface area (Å²) in [6, 6.07) is 13.8. The third-order valence-corrected chi connectivity index (χ3v) is 5.67. The van der Waals surface area contributed by atoms with Crippen molar-refractivity contribution in [1.82, 2.24) is 15.5 Å². The molecule has 3 aromatic rings. The van der Waals surface area contributed by atoms with E-state index < -0.39 is 0 Å². The van der Waals surface area contributed by atoms with Crippen LogP contribution in [0.3, 0.4) is 0 Å². The van der Waals surface area contributed by atoms with Gasteiger partial charge >= 0.3 is 0 Å². The second-order valence-corrected chi connectivity index (χ2v) is 8.15. The molecule has 2 heterocycles. The molecule has 0 radical (unpaired) electrons. The lowest BCUT2D eigenvalue weighted by Crippen LogP contribution is -2.30. The topological polar surface area (TPSA) is 86.5 Å². The molecule has 7 heteroatoms. The van der Waals surface area contributed by atoms with Gasteiger partial charge in [-0.25, -0.2) is 0 Å². The molecule has 1 unspecified atom stereocenters. The van der Waals surface area contributed by atoms with Gasteiger partial charge in [0.1, 0.15) is 13.2 Å². The predicted octanol–water partition coefficient (Wildman–Crippen LogP) is 4.02. The number of fused-ring (bicyclic) bond motifs is 1. The monoisotopic (exact) mass is 419 g/mol. The molecular formula is C24H25N3O4. The fraction of sp³-hybridized carbons (Fsp3) is 0.375. The van der Waals surface area contributed by atoms with Crippen LogP contribution >= 0.6 is 0 Å². The Hall–Kier alpha value is -3.35. The van der Waals surface area contributed by atoms with E-state index in [1.54, 1.807) is 0 Å². The maximum absolute atomic E-state index is 12.7. The molecule has 1 aromatic heterocycles. The second kappa shape index (κ2) is 8.41. The highest BCUT2D eigenvalue weighted by Gasteiger charge is 2.34. The van der Waals surface area contributed by atoms with E-state index in [0.717, 1.165) is 35.5 Å². The summed E-state index contributed by atoms with van der Waals surface area (Å²) in [6.07, 6.45) is 2.93. The third-order valence-electron chi connectivity index (χ3n) is 5.67. The third kappa shape index (κ3) is 4.55. The molecule has 160 valence electrons. The van der Waals surface area contributed by atoms with Gasteiger partial charge in [-0.15, -0.1) is 10.2 Å². The minimum Gasteiger partial charge on any atom is -0.486 e. The summed E-state index contributed by atoms with van der Waals surface area (Å²) in [6.45, 7) is 3.14. The second-order valence-electron chi connectivity index (χ2n) is 8.15. The first kappa shape index (κ1) is 19.6. The van der Waals surface area contributed by atoms with Crippen LogP contribution in [0.5, 0.6) is 11.5 Å². The predicted molar refractivity (Wildman–Crippen MR) is 114 cm³/mol. The molecule has 7 nitrogen and oxygen atoms in total. The number of nitrogens with one attached hydrogen (secondary N) is 1. The highest BCUT2D eigenvalue weighted by molar-refractivity contribution is 5.76. The Morgan fingerprint density at radius 2 is 1.84 bits per heavy atom. The van der Waals surface area contributed by atoms with E-state index in [1.807, 2.05) is 49.4 Å². The summed E-state index contributed by atoms with van der Waals surface area (Å²) in [7, 11) is 0. The number of benzene rings is 2. The smallest absolute Gasteiger partial charge is 0.247 e. The van der Waals surface area contributed by atoms with Crippen LogP contribution in [0.4, 0.5) is 0 Å². The molecule has 1 atom stereocenters. The number of aromatic nitrogens is 2. The molecule has 31 heavy (non-hydrogen) atoms. The van der Waals surface area contributed by atoms with Gasteiger partial charge in [0.05, 0.1) is 6.04 Å². The molecule has 5 rings (SSSR count). The number of amides is 1. The van der Waals surface area contributed by atoms with E-state index >= 15 is 0 Å². The normalized spacial score (nSPS) is 16.0. The number of hydrogen-bond donors (Lipinski definition) is 1. The quantitative estimate of drug-likeness (QED) is 0.623. The molecular weight excluding hydrogens is 394 g/mol. The van der Waals surface area contributed by atoms with E-state index in [2.05, 4.69) is 15.5 Å². The fourth-order valence-corrected chi connectivity index (χ4v) is 3.79. The molecule has 0 saturated heterocycles. The first-order valence-corrected chi connectivity index (χ1v) is 10.7. The van der Waals surface area contributed by atoms with Crippen molar-refractivity contribution in [3.05, 3.63) is 59.5 Å². The highest BCUT2D eigenvalue weighted by atomic mass is 16.6. The molecule has 0 bridgehead atoms. The van der Waals surface area contributed by atoms with Gasteiger partial charge in [-0.3, -0.25) is 4.79 Å². The van der Waals surface area contributed by atoms with Crippen molar-refractivity contribution in [1.29, 1.82) is 0 Å². The summed E-state index contributed by atoms with van der Waals surface area (Å²) >= 11 is 0. The number of ether oxygens (including phenoxy) is 2. The number of rotatable bonds is 7. The van der Waals surface area contributed by atoms with Crippen molar-refractivity contribution in [3.8, 4) is 23.0 Å². The maximum Gasteiger partial charge on any atom is 0.247 e. The average molecular weight is 419 g/mol. The van der Waals surface area contributed by atoms with E-state index in [-0.39, 0.29) is 11.9 Å². The van der Waals surface area contributed by atoms with Crippen molar-refractivity contribution in [2.24, 2.45) is 5.92 Å². The van der Waals surface area contributed by atoms with Crippen LogP contribution in [0.15, 0.2) is 46.9 Å². The van der Waals surface area contributed by atoms with E-state index in [0.29, 0.717) is 43.8 Å². The summed E-state index contributed by atoms with van der Waals surface area (Å²) in [4.78, 5) is 12.7. The van der Waals surface area contributed by atoms with Crippen LogP contribution in [0.2, 0.25) is 0 Å². The van der Waals surface area contributed by atoms with E-state index in [4.69, 9.17) is 13.9 Å². The molecule has 0 spiro atoms. The van der Waals surface area contributed by atoms with Crippen molar-refractivity contribution < 1.29 is 18.7 Å². The Morgan fingerprint density at radius 1 is 1.06 bits per heavy atom. The zero-order valence-corrected chi connectivity index (χ0v) is 17.5. The van der Waals surface area contributed by atoms with Gasteiger partial charge in [-0.2, -0.15) is 0 Å². The van der Waals surface area contributed by atoms with Crippen molar-refractivity contribution in [3.63, 3.8) is 0 Å². The fourth-order valence-electron chi connectivity index (χ4n) is 3.79. The first-order chi connectivity index (χ1) is 15.2. The highest BCUT2D eigenvalue weighted by Crippen LogP contribution is 2.43. The summed E-state index contributed by atoms with van der Waals surface area (Å²) in [5.74, 6) is 2.88. The summed E-state index contributed by atoms with van der Waals surface area (Å²) < 4.78 is 17.1. The zero-order chi connectivity index (χ0) is 21.2. The van der Waals surface area contributed by atoms with Gasteiger partial charge < -0.3 is 19.2 Å². The van der Waals surface area contributed by atoms with Gasteiger partial charge in [0, 0.05) is 18.4 Å². The number of aryl methyl sites for hydroxylation is 2. The zero-order valence-electron chi connectivity index (χ0n) is 17.5. The van der Waals surface area contributed by atoms with Gasteiger partial charge in [-0.1, -0.05) is 23.8 Å². The van der Waals surface area contributed by atoms with Crippen molar-refractivity contribution in [2.45, 2.75) is 38.6 Å². The van der Waals surface area contributed by atoms with E-state index in [1.165, 1.54) is 5.56 Å². The Labute approximate surface area is 180 Å². The number of carbonyl (C=O) groups excluding carboxylic acids is 1.